The first-order valence-electron chi connectivity index (χ1n) is 7.40. The van der Waals surface area contributed by atoms with Crippen LogP contribution in [0.5, 0.6) is 0 Å². The molecule has 2 heterocycles. The summed E-state index contributed by atoms with van der Waals surface area (Å²) in [6, 6.07) is 7.78. The van der Waals surface area contributed by atoms with E-state index in [0.717, 1.165) is 11.3 Å². The molecule has 7 nitrogen and oxygen atoms in total. The fraction of sp³-hybridized carbons (Fsp3) is 0.400. The maximum Gasteiger partial charge on any atom is 0.247 e. The molecule has 0 aliphatic carbocycles. The van der Waals surface area contributed by atoms with E-state index in [1.165, 1.54) is 0 Å². The van der Waals surface area contributed by atoms with Crippen molar-refractivity contribution in [1.29, 1.82) is 0 Å². The van der Waals surface area contributed by atoms with E-state index in [-0.39, 0.29) is 17.5 Å². The Morgan fingerprint density at radius 2 is 2.09 bits per heavy atom. The second-order valence-corrected chi connectivity index (χ2v) is 7.98. The van der Waals surface area contributed by atoms with Crippen LogP contribution in [-0.4, -0.2) is 48.2 Å². The monoisotopic (exact) mass is 333 g/mol. The normalized spacial score (nSPS) is 19.5. The van der Waals surface area contributed by atoms with Gasteiger partial charge in [0, 0.05) is 18.8 Å². The zero-order valence-corrected chi connectivity index (χ0v) is 13.9. The van der Waals surface area contributed by atoms with E-state index in [1.54, 1.807) is 18.1 Å². The molecule has 1 atom stereocenters. The van der Waals surface area contributed by atoms with Crippen molar-refractivity contribution in [3.8, 4) is 0 Å². The zero-order valence-electron chi connectivity index (χ0n) is 13.1. The van der Waals surface area contributed by atoms with Crippen LogP contribution in [0.2, 0.25) is 0 Å². The Morgan fingerprint density at radius 1 is 1.30 bits per heavy atom. The highest BCUT2D eigenvalue weighted by molar-refractivity contribution is 7.91. The summed E-state index contributed by atoms with van der Waals surface area (Å²) in [5.41, 5.74) is 2.05. The average molecular weight is 333 g/mol. The van der Waals surface area contributed by atoms with Gasteiger partial charge in [0.25, 0.3) is 0 Å². The number of aromatic nitrogens is 3. The molecule has 23 heavy (non-hydrogen) atoms. The van der Waals surface area contributed by atoms with Gasteiger partial charge in [-0.15, -0.1) is 5.10 Å². The van der Waals surface area contributed by atoms with Gasteiger partial charge in [-0.2, -0.15) is 10.1 Å². The maximum absolute atomic E-state index is 11.6. The molecule has 1 unspecified atom stereocenters. The molecule has 1 fully saturated rings. The number of para-hydroxylation sites is 1. The van der Waals surface area contributed by atoms with Gasteiger partial charge in [-0.1, -0.05) is 18.2 Å². The molecule has 0 spiro atoms. The Balaban J connectivity index is 1.79. The molecule has 122 valence electrons. The molecule has 1 N–H and O–H groups in total. The molecule has 0 radical (unpaired) electrons. The molecule has 3 rings (SSSR count). The van der Waals surface area contributed by atoms with E-state index in [4.69, 9.17) is 0 Å². The molecule has 8 heteroatoms. The van der Waals surface area contributed by atoms with Crippen molar-refractivity contribution >= 4 is 27.3 Å². The zero-order chi connectivity index (χ0) is 16.4. The van der Waals surface area contributed by atoms with E-state index in [1.807, 2.05) is 31.2 Å². The van der Waals surface area contributed by atoms with Crippen molar-refractivity contribution in [2.75, 3.05) is 28.8 Å². The predicted molar refractivity (Wildman–Crippen MR) is 89.8 cm³/mol. The largest absolute Gasteiger partial charge is 0.339 e. The first-order chi connectivity index (χ1) is 10.9. The summed E-state index contributed by atoms with van der Waals surface area (Å²) in [7, 11) is -1.14. The smallest absolute Gasteiger partial charge is 0.247 e. The molecule has 1 saturated heterocycles. The van der Waals surface area contributed by atoms with Gasteiger partial charge in [0.05, 0.1) is 17.7 Å². The molecule has 0 amide bonds. The van der Waals surface area contributed by atoms with Crippen LogP contribution >= 0.6 is 0 Å². The SMILES string of the molecule is Cc1ccccc1Nc1cnnc(N(C)C2CCS(=O)(=O)C2)n1. The van der Waals surface area contributed by atoms with Gasteiger partial charge in [0.2, 0.25) is 5.95 Å². The number of nitrogens with one attached hydrogen (secondary N) is 1. The second kappa shape index (κ2) is 6.11. The number of rotatable bonds is 4. The lowest BCUT2D eigenvalue weighted by Crippen LogP contribution is -2.34. The minimum Gasteiger partial charge on any atom is -0.339 e. The van der Waals surface area contributed by atoms with Gasteiger partial charge in [0.15, 0.2) is 15.7 Å². The summed E-state index contributed by atoms with van der Waals surface area (Å²) in [6.07, 6.45) is 2.15. The van der Waals surface area contributed by atoms with E-state index in [2.05, 4.69) is 20.5 Å². The predicted octanol–water partition coefficient (Wildman–Crippen LogP) is 1.55. The molecule has 1 aliphatic heterocycles. The molecule has 0 saturated carbocycles. The highest BCUT2D eigenvalue weighted by Crippen LogP contribution is 2.22. The van der Waals surface area contributed by atoms with Crippen molar-refractivity contribution in [2.45, 2.75) is 19.4 Å². The van der Waals surface area contributed by atoms with Crippen LogP contribution in [0.4, 0.5) is 17.5 Å². The van der Waals surface area contributed by atoms with E-state index >= 15 is 0 Å². The maximum atomic E-state index is 11.6. The Kier molecular flexibility index (Phi) is 4.16. The molecule has 2 aromatic rings. The summed E-state index contributed by atoms with van der Waals surface area (Å²) < 4.78 is 23.3. The van der Waals surface area contributed by atoms with Crippen molar-refractivity contribution in [1.82, 2.24) is 15.2 Å². The third-order valence-electron chi connectivity index (χ3n) is 4.03. The fourth-order valence-electron chi connectivity index (χ4n) is 2.60. The average Bonchev–Trinajstić information content (AvgIpc) is 2.89. The van der Waals surface area contributed by atoms with Gasteiger partial charge < -0.3 is 10.2 Å². The molecule has 1 aromatic heterocycles. The van der Waals surface area contributed by atoms with Crippen LogP contribution in [0.3, 0.4) is 0 Å². The number of nitrogens with zero attached hydrogens (tertiary/aromatic N) is 4. The van der Waals surface area contributed by atoms with Crippen LogP contribution in [-0.2, 0) is 9.84 Å². The Morgan fingerprint density at radius 3 is 2.78 bits per heavy atom. The minimum atomic E-state index is -2.95. The lowest BCUT2D eigenvalue weighted by molar-refractivity contribution is 0.600. The van der Waals surface area contributed by atoms with Gasteiger partial charge in [0.1, 0.15) is 0 Å². The summed E-state index contributed by atoms with van der Waals surface area (Å²) >= 11 is 0. The van der Waals surface area contributed by atoms with Gasteiger partial charge >= 0.3 is 0 Å². The van der Waals surface area contributed by atoms with Crippen LogP contribution in [0.25, 0.3) is 0 Å². The second-order valence-electron chi connectivity index (χ2n) is 5.75. The first-order valence-corrected chi connectivity index (χ1v) is 9.22. The first kappa shape index (κ1) is 15.7. The Hall–Kier alpha value is -2.22. The standard InChI is InChI=1S/C15H19N5O2S/c1-11-5-3-4-6-13(11)17-14-9-16-19-15(18-14)20(2)12-7-8-23(21,22)10-12/h3-6,9,12H,7-8,10H2,1-2H3,(H,17,18,19). The third kappa shape index (κ3) is 3.58. The number of hydrogen-bond acceptors (Lipinski definition) is 7. The van der Waals surface area contributed by atoms with Crippen molar-refractivity contribution in [3.05, 3.63) is 36.0 Å². The molecular formula is C15H19N5O2S. The summed E-state index contributed by atoms with van der Waals surface area (Å²) in [4.78, 5) is 6.24. The number of anilines is 3. The third-order valence-corrected chi connectivity index (χ3v) is 5.78. The van der Waals surface area contributed by atoms with Crippen LogP contribution in [0.1, 0.15) is 12.0 Å². The Labute approximate surface area is 135 Å². The quantitative estimate of drug-likeness (QED) is 0.908. The molecule has 1 aliphatic rings. The topological polar surface area (TPSA) is 88.1 Å². The summed E-state index contributed by atoms with van der Waals surface area (Å²) in [5.74, 6) is 1.36. The highest BCUT2D eigenvalue weighted by atomic mass is 32.2. The van der Waals surface area contributed by atoms with E-state index < -0.39 is 9.84 Å². The molecular weight excluding hydrogens is 314 g/mol. The van der Waals surface area contributed by atoms with Gasteiger partial charge in [-0.25, -0.2) is 8.42 Å². The number of sulfone groups is 1. The van der Waals surface area contributed by atoms with Crippen LogP contribution in [0.15, 0.2) is 30.5 Å². The summed E-state index contributed by atoms with van der Waals surface area (Å²) in [6.45, 7) is 2.01. The summed E-state index contributed by atoms with van der Waals surface area (Å²) in [5, 5.41) is 11.2. The van der Waals surface area contributed by atoms with Crippen LogP contribution in [0, 0.1) is 6.92 Å². The van der Waals surface area contributed by atoms with Gasteiger partial charge in [-0.05, 0) is 25.0 Å². The number of aryl methyl sites for hydroxylation is 1. The van der Waals surface area contributed by atoms with Gasteiger partial charge in [-0.3, -0.25) is 0 Å². The highest BCUT2D eigenvalue weighted by Gasteiger charge is 2.31. The van der Waals surface area contributed by atoms with Crippen molar-refractivity contribution < 1.29 is 8.42 Å². The Bertz CT molecular complexity index is 809. The molecule has 1 aromatic carbocycles. The number of hydrogen-bond donors (Lipinski definition) is 1. The lowest BCUT2D eigenvalue weighted by Gasteiger charge is -2.23. The molecule has 0 bridgehead atoms. The fourth-order valence-corrected chi connectivity index (χ4v) is 4.37. The van der Waals surface area contributed by atoms with E-state index in [0.29, 0.717) is 18.2 Å². The minimum absolute atomic E-state index is 0.101. The van der Waals surface area contributed by atoms with E-state index in [9.17, 15) is 8.42 Å². The van der Waals surface area contributed by atoms with Crippen LogP contribution < -0.4 is 10.2 Å². The van der Waals surface area contributed by atoms with Crippen molar-refractivity contribution in [3.63, 3.8) is 0 Å². The number of benzene rings is 1. The van der Waals surface area contributed by atoms with Crippen molar-refractivity contribution in [2.24, 2.45) is 0 Å². The lowest BCUT2D eigenvalue weighted by atomic mass is 10.2.